The summed E-state index contributed by atoms with van der Waals surface area (Å²) in [4.78, 5) is 0. The van der Waals surface area contributed by atoms with E-state index < -0.39 is 0 Å². The van der Waals surface area contributed by atoms with Crippen LogP contribution in [0.4, 0.5) is 0 Å². The van der Waals surface area contributed by atoms with Crippen molar-refractivity contribution in [2.45, 2.75) is 32.6 Å². The molecule has 128 valence electrons. The molecule has 0 bridgehead atoms. The molecule has 0 heterocycles. The monoisotopic (exact) mass is 308 g/mol. The van der Waals surface area contributed by atoms with E-state index in [9.17, 15) is 0 Å². The molecule has 6 heteroatoms. The molecule has 0 rings (SSSR count). The van der Waals surface area contributed by atoms with Crippen molar-refractivity contribution in [2.75, 3.05) is 59.5 Å². The molecule has 6 nitrogen and oxygen atoms in total. The summed E-state index contributed by atoms with van der Waals surface area (Å²) >= 11 is 0. The fourth-order valence-corrected chi connectivity index (χ4v) is 2.15. The van der Waals surface area contributed by atoms with Crippen LogP contribution in [0.15, 0.2) is 0 Å². The Hall–Kier alpha value is -0.240. The van der Waals surface area contributed by atoms with E-state index in [2.05, 4.69) is 6.92 Å². The average Bonchev–Trinajstić information content (AvgIpc) is 2.48. The first-order chi connectivity index (χ1) is 10.2. The minimum absolute atomic E-state index is 0.0139. The lowest BCUT2D eigenvalue weighted by Crippen LogP contribution is -2.38. The zero-order valence-electron chi connectivity index (χ0n) is 13.3. The van der Waals surface area contributed by atoms with Gasteiger partial charge in [-0.15, -0.1) is 0 Å². The van der Waals surface area contributed by atoms with E-state index in [0.717, 1.165) is 25.7 Å². The molecule has 21 heavy (non-hydrogen) atoms. The number of aliphatic hydroxyl groups excluding tert-OH is 3. The van der Waals surface area contributed by atoms with E-state index in [1.807, 2.05) is 0 Å². The highest BCUT2D eigenvalue weighted by Crippen LogP contribution is 2.27. The molecule has 0 aliphatic rings. The molecule has 0 atom stereocenters. The van der Waals surface area contributed by atoms with E-state index in [4.69, 9.17) is 29.5 Å². The number of hydrogen-bond donors (Lipinski definition) is 3. The second kappa shape index (κ2) is 14.7. The van der Waals surface area contributed by atoms with Crippen LogP contribution < -0.4 is 0 Å². The lowest BCUT2D eigenvalue weighted by atomic mass is 9.84. The summed E-state index contributed by atoms with van der Waals surface area (Å²) in [6.45, 7) is 4.28. The van der Waals surface area contributed by atoms with Crippen molar-refractivity contribution in [3.63, 3.8) is 0 Å². The van der Waals surface area contributed by atoms with Gasteiger partial charge in [-0.25, -0.2) is 0 Å². The maximum atomic E-state index is 8.85. The van der Waals surface area contributed by atoms with E-state index in [1.165, 1.54) is 0 Å². The predicted octanol–water partition coefficient (Wildman–Crippen LogP) is 0.580. The van der Waals surface area contributed by atoms with Crippen LogP contribution in [0.1, 0.15) is 32.6 Å². The van der Waals surface area contributed by atoms with Crippen LogP contribution in [0.3, 0.4) is 0 Å². The smallest absolute Gasteiger partial charge is 0.0698 e. The third kappa shape index (κ3) is 11.0. The van der Waals surface area contributed by atoms with Gasteiger partial charge in [0.15, 0.2) is 0 Å². The molecule has 0 saturated carbocycles. The van der Waals surface area contributed by atoms with E-state index in [1.54, 1.807) is 0 Å². The lowest BCUT2D eigenvalue weighted by molar-refractivity contribution is -0.0845. The first-order valence-corrected chi connectivity index (χ1v) is 7.80. The third-order valence-electron chi connectivity index (χ3n) is 3.24. The van der Waals surface area contributed by atoms with Gasteiger partial charge in [0.2, 0.25) is 0 Å². The molecule has 0 aromatic carbocycles. The highest BCUT2D eigenvalue weighted by Gasteiger charge is 2.31. The van der Waals surface area contributed by atoms with Crippen LogP contribution in [0, 0.1) is 5.41 Å². The summed E-state index contributed by atoms with van der Waals surface area (Å²) in [5.41, 5.74) is -0.297. The van der Waals surface area contributed by atoms with Gasteiger partial charge in [0, 0.05) is 5.41 Å². The molecular formula is C15H32O6. The normalized spacial score (nSPS) is 12.0. The summed E-state index contributed by atoms with van der Waals surface area (Å²) in [6, 6.07) is 0. The molecular weight excluding hydrogens is 276 g/mol. The van der Waals surface area contributed by atoms with Gasteiger partial charge >= 0.3 is 0 Å². The Kier molecular flexibility index (Phi) is 14.5. The Labute approximate surface area is 128 Å². The van der Waals surface area contributed by atoms with Gasteiger partial charge in [0.25, 0.3) is 0 Å². The Morgan fingerprint density at radius 3 is 1.48 bits per heavy atom. The zero-order chi connectivity index (χ0) is 15.8. The highest BCUT2D eigenvalue weighted by atomic mass is 16.5. The quantitative estimate of drug-likeness (QED) is 0.362. The number of aliphatic hydroxyl groups is 3. The molecule has 0 aromatic heterocycles. The maximum Gasteiger partial charge on any atom is 0.0698 e. The summed E-state index contributed by atoms with van der Waals surface area (Å²) in [7, 11) is 0. The summed E-state index contributed by atoms with van der Waals surface area (Å²) < 4.78 is 16.5. The van der Waals surface area contributed by atoms with Crippen LogP contribution in [-0.2, 0) is 14.2 Å². The number of ether oxygens (including phenoxy) is 3. The predicted molar refractivity (Wildman–Crippen MR) is 80.3 cm³/mol. The van der Waals surface area contributed by atoms with Crippen molar-refractivity contribution in [3.8, 4) is 0 Å². The van der Waals surface area contributed by atoms with Gasteiger partial charge in [-0.05, 0) is 6.42 Å². The van der Waals surface area contributed by atoms with Crippen LogP contribution in [0.2, 0.25) is 0 Å². The second-order valence-corrected chi connectivity index (χ2v) is 5.29. The molecule has 0 fully saturated rings. The van der Waals surface area contributed by atoms with Crippen molar-refractivity contribution >= 4 is 0 Å². The largest absolute Gasteiger partial charge is 0.394 e. The highest BCUT2D eigenvalue weighted by molar-refractivity contribution is 4.79. The van der Waals surface area contributed by atoms with Crippen LogP contribution >= 0.6 is 0 Å². The van der Waals surface area contributed by atoms with Crippen molar-refractivity contribution in [2.24, 2.45) is 5.41 Å². The summed E-state index contributed by atoms with van der Waals surface area (Å²) in [5.74, 6) is 0. The molecule has 0 spiro atoms. The fraction of sp³-hybridized carbons (Fsp3) is 1.00. The van der Waals surface area contributed by atoms with E-state index in [-0.39, 0.29) is 45.1 Å². The molecule has 0 aromatic rings. The maximum absolute atomic E-state index is 8.85. The Bertz CT molecular complexity index is 167. The van der Waals surface area contributed by atoms with Crippen molar-refractivity contribution < 1.29 is 29.5 Å². The summed E-state index contributed by atoms with van der Waals surface area (Å²) in [5, 5.41) is 26.6. The Balaban J connectivity index is 4.52. The first kappa shape index (κ1) is 20.8. The summed E-state index contributed by atoms with van der Waals surface area (Å²) in [6.07, 6.45) is 4.19. The molecule has 0 amide bonds. The molecule has 0 aliphatic carbocycles. The second-order valence-electron chi connectivity index (χ2n) is 5.29. The average molecular weight is 308 g/mol. The van der Waals surface area contributed by atoms with Crippen molar-refractivity contribution in [3.05, 3.63) is 0 Å². The first-order valence-electron chi connectivity index (χ1n) is 7.80. The lowest BCUT2D eigenvalue weighted by Gasteiger charge is -2.33. The van der Waals surface area contributed by atoms with Crippen LogP contribution in [0.5, 0.6) is 0 Å². The molecule has 3 N–H and O–H groups in total. The van der Waals surface area contributed by atoms with Gasteiger partial charge in [-0.1, -0.05) is 26.2 Å². The van der Waals surface area contributed by atoms with Gasteiger partial charge in [0.1, 0.15) is 0 Å². The Morgan fingerprint density at radius 1 is 0.714 bits per heavy atom. The third-order valence-corrected chi connectivity index (χ3v) is 3.24. The van der Waals surface area contributed by atoms with E-state index in [0.29, 0.717) is 19.8 Å². The van der Waals surface area contributed by atoms with E-state index >= 15 is 0 Å². The van der Waals surface area contributed by atoms with Crippen molar-refractivity contribution in [1.82, 2.24) is 0 Å². The molecule has 0 unspecified atom stereocenters. The topological polar surface area (TPSA) is 88.4 Å². The van der Waals surface area contributed by atoms with Gasteiger partial charge in [-0.3, -0.25) is 0 Å². The minimum Gasteiger partial charge on any atom is -0.394 e. The number of unbranched alkanes of at least 4 members (excludes halogenated alkanes) is 2. The van der Waals surface area contributed by atoms with Crippen LogP contribution in [-0.4, -0.2) is 74.8 Å². The standard InChI is InChI=1S/C15H32O6/c1-2-3-4-5-15(12-19-9-6-16,13-20-10-7-17)14-21-11-8-18/h16-18H,2-14H2,1H3. The van der Waals surface area contributed by atoms with Gasteiger partial charge in [-0.2, -0.15) is 0 Å². The van der Waals surface area contributed by atoms with Crippen LogP contribution in [0.25, 0.3) is 0 Å². The SMILES string of the molecule is CCCCCC(COCCO)(COCCO)COCCO. The van der Waals surface area contributed by atoms with Gasteiger partial charge < -0.3 is 29.5 Å². The number of rotatable bonds is 16. The Morgan fingerprint density at radius 2 is 1.14 bits per heavy atom. The molecule has 0 saturated heterocycles. The molecule has 0 radical (unpaired) electrons. The molecule has 0 aliphatic heterocycles. The van der Waals surface area contributed by atoms with Gasteiger partial charge in [0.05, 0.1) is 59.5 Å². The zero-order valence-corrected chi connectivity index (χ0v) is 13.3. The number of hydrogen-bond acceptors (Lipinski definition) is 6. The minimum atomic E-state index is -0.297. The van der Waals surface area contributed by atoms with Crippen molar-refractivity contribution in [1.29, 1.82) is 0 Å². The fourth-order valence-electron chi connectivity index (χ4n) is 2.15.